The van der Waals surface area contributed by atoms with Crippen LogP contribution in [0, 0.1) is 6.92 Å². The number of hydrogen-bond donors (Lipinski definition) is 0. The lowest BCUT2D eigenvalue weighted by atomic mass is 9.84. The van der Waals surface area contributed by atoms with E-state index in [9.17, 15) is 0 Å². The predicted molar refractivity (Wildman–Crippen MR) is 78.8 cm³/mol. The van der Waals surface area contributed by atoms with Crippen molar-refractivity contribution in [1.82, 2.24) is 4.98 Å². The summed E-state index contributed by atoms with van der Waals surface area (Å²) < 4.78 is 0. The molecular formula is C17H18N2. The molecule has 0 fully saturated rings. The normalized spacial score (nSPS) is 16.7. The van der Waals surface area contributed by atoms with E-state index >= 15 is 0 Å². The molecule has 1 aliphatic rings. The first-order valence-corrected chi connectivity index (χ1v) is 6.65. The maximum Gasteiger partial charge on any atom is 0.0729 e. The van der Waals surface area contributed by atoms with Gasteiger partial charge in [0.25, 0.3) is 0 Å². The number of benzene rings is 1. The van der Waals surface area contributed by atoms with Crippen molar-refractivity contribution in [2.75, 3.05) is 0 Å². The molecule has 0 saturated carbocycles. The second-order valence-corrected chi connectivity index (χ2v) is 5.85. The quantitative estimate of drug-likeness (QED) is 0.759. The molecule has 0 bridgehead atoms. The van der Waals surface area contributed by atoms with Gasteiger partial charge in [0.05, 0.1) is 11.3 Å². The molecule has 0 atom stereocenters. The van der Waals surface area contributed by atoms with Crippen LogP contribution in [0.15, 0.2) is 47.7 Å². The van der Waals surface area contributed by atoms with Crippen LogP contribution in [0.25, 0.3) is 0 Å². The van der Waals surface area contributed by atoms with Crippen molar-refractivity contribution in [3.63, 3.8) is 0 Å². The van der Waals surface area contributed by atoms with Crippen LogP contribution in [0.5, 0.6) is 0 Å². The van der Waals surface area contributed by atoms with Crippen molar-refractivity contribution in [3.05, 3.63) is 65.0 Å². The minimum atomic E-state index is -0.0408. The maximum absolute atomic E-state index is 4.96. The zero-order valence-corrected chi connectivity index (χ0v) is 11.6. The topological polar surface area (TPSA) is 25.2 Å². The Balaban J connectivity index is 2.21. The van der Waals surface area contributed by atoms with Gasteiger partial charge in [-0.3, -0.25) is 9.98 Å². The molecule has 1 aromatic carbocycles. The molecular weight excluding hydrogens is 232 g/mol. The van der Waals surface area contributed by atoms with Crippen molar-refractivity contribution in [3.8, 4) is 0 Å². The fourth-order valence-electron chi connectivity index (χ4n) is 2.66. The Labute approximate surface area is 114 Å². The summed E-state index contributed by atoms with van der Waals surface area (Å²) in [4.78, 5) is 9.05. The molecule has 0 amide bonds. The average Bonchev–Trinajstić information content (AvgIpc) is 2.39. The van der Waals surface area contributed by atoms with Gasteiger partial charge in [0.2, 0.25) is 0 Å². The second-order valence-electron chi connectivity index (χ2n) is 5.85. The molecule has 1 aliphatic heterocycles. The summed E-state index contributed by atoms with van der Waals surface area (Å²) in [5.41, 5.74) is 6.14. The highest BCUT2D eigenvalue weighted by molar-refractivity contribution is 6.14. The lowest BCUT2D eigenvalue weighted by Crippen LogP contribution is -2.29. The highest BCUT2D eigenvalue weighted by atomic mass is 14.9. The van der Waals surface area contributed by atoms with Crippen molar-refractivity contribution < 1.29 is 0 Å². The third-order valence-corrected chi connectivity index (χ3v) is 3.51. The molecule has 96 valence electrons. The molecule has 0 aliphatic carbocycles. The van der Waals surface area contributed by atoms with Crippen LogP contribution in [0.2, 0.25) is 0 Å². The first-order chi connectivity index (χ1) is 9.05. The Hall–Kier alpha value is -1.96. The van der Waals surface area contributed by atoms with Crippen molar-refractivity contribution in [2.24, 2.45) is 4.99 Å². The summed E-state index contributed by atoms with van der Waals surface area (Å²) in [6, 6.07) is 10.7. The number of rotatable bonds is 1. The lowest BCUT2D eigenvalue weighted by molar-refractivity contribution is 0.513. The van der Waals surface area contributed by atoms with E-state index in [1.54, 1.807) is 0 Å². The summed E-state index contributed by atoms with van der Waals surface area (Å²) in [5.74, 6) is 0. The van der Waals surface area contributed by atoms with E-state index in [0.717, 1.165) is 17.7 Å². The first-order valence-electron chi connectivity index (χ1n) is 6.65. The van der Waals surface area contributed by atoms with Crippen LogP contribution < -0.4 is 0 Å². The average molecular weight is 250 g/mol. The fraction of sp³-hybridized carbons (Fsp3) is 0.294. The van der Waals surface area contributed by atoms with E-state index in [1.807, 2.05) is 24.5 Å². The highest BCUT2D eigenvalue weighted by Gasteiger charge is 2.27. The summed E-state index contributed by atoms with van der Waals surface area (Å²) >= 11 is 0. The predicted octanol–water partition coefficient (Wildman–Crippen LogP) is 3.56. The molecule has 2 aromatic rings. The molecule has 2 nitrogen and oxygen atoms in total. The van der Waals surface area contributed by atoms with E-state index in [-0.39, 0.29) is 5.54 Å². The zero-order chi connectivity index (χ0) is 13.5. The Morgan fingerprint density at radius 2 is 1.79 bits per heavy atom. The summed E-state index contributed by atoms with van der Waals surface area (Å²) in [5, 5.41) is 0. The molecule has 0 radical (unpaired) electrons. The van der Waals surface area contributed by atoms with Crippen LogP contribution in [0.3, 0.4) is 0 Å². The molecule has 0 saturated heterocycles. The third kappa shape index (κ3) is 2.30. The van der Waals surface area contributed by atoms with Gasteiger partial charge in [0.15, 0.2) is 0 Å². The van der Waals surface area contributed by atoms with Crippen LogP contribution in [-0.4, -0.2) is 16.2 Å². The van der Waals surface area contributed by atoms with Gasteiger partial charge in [-0.1, -0.05) is 17.7 Å². The van der Waals surface area contributed by atoms with Gasteiger partial charge in [0, 0.05) is 23.5 Å². The van der Waals surface area contributed by atoms with Crippen LogP contribution in [0.1, 0.15) is 36.1 Å². The number of aliphatic imine (C=N–C) groups is 1. The van der Waals surface area contributed by atoms with E-state index in [2.05, 4.69) is 44.0 Å². The summed E-state index contributed by atoms with van der Waals surface area (Å²) in [6.07, 6.45) is 4.65. The molecule has 0 unspecified atom stereocenters. The molecule has 1 aromatic heterocycles. The maximum atomic E-state index is 4.96. The lowest BCUT2D eigenvalue weighted by Gasteiger charge is -2.29. The Morgan fingerprint density at radius 3 is 2.53 bits per heavy atom. The summed E-state index contributed by atoms with van der Waals surface area (Å²) in [7, 11) is 0. The zero-order valence-electron chi connectivity index (χ0n) is 11.6. The molecule has 0 N–H and O–H groups in total. The van der Waals surface area contributed by atoms with Gasteiger partial charge in [0.1, 0.15) is 0 Å². The van der Waals surface area contributed by atoms with Gasteiger partial charge >= 0.3 is 0 Å². The fourth-order valence-corrected chi connectivity index (χ4v) is 2.66. The number of hydrogen-bond acceptors (Lipinski definition) is 2. The summed E-state index contributed by atoms with van der Waals surface area (Å²) in [6.45, 7) is 6.51. The molecule has 2 heteroatoms. The molecule has 0 spiro atoms. The van der Waals surface area contributed by atoms with E-state index < -0.39 is 0 Å². The molecule has 3 rings (SSSR count). The standard InChI is InChI=1S/C17H18N2/c1-12-4-5-14-11-17(2,3)19-16(15(14)10-12)13-6-8-18-9-7-13/h4-10H,11H2,1-3H3. The van der Waals surface area contributed by atoms with Crippen molar-refractivity contribution in [1.29, 1.82) is 0 Å². The van der Waals surface area contributed by atoms with Crippen LogP contribution in [0.4, 0.5) is 0 Å². The number of pyridine rings is 1. The minimum absolute atomic E-state index is 0.0408. The monoisotopic (exact) mass is 250 g/mol. The second kappa shape index (κ2) is 4.30. The van der Waals surface area contributed by atoms with E-state index in [0.29, 0.717) is 0 Å². The number of nitrogens with zero attached hydrogens (tertiary/aromatic N) is 2. The first kappa shape index (κ1) is 12.1. The number of aryl methyl sites for hydroxylation is 1. The highest BCUT2D eigenvalue weighted by Crippen LogP contribution is 2.29. The van der Waals surface area contributed by atoms with Gasteiger partial charge in [-0.15, -0.1) is 0 Å². The number of fused-ring (bicyclic) bond motifs is 1. The Bertz CT molecular complexity index is 640. The van der Waals surface area contributed by atoms with Gasteiger partial charge in [-0.05, 0) is 51.0 Å². The smallest absolute Gasteiger partial charge is 0.0729 e. The van der Waals surface area contributed by atoms with Crippen molar-refractivity contribution >= 4 is 5.71 Å². The van der Waals surface area contributed by atoms with Crippen LogP contribution in [-0.2, 0) is 6.42 Å². The SMILES string of the molecule is Cc1ccc2c(c1)C(c1ccncc1)=NC(C)(C)C2. The van der Waals surface area contributed by atoms with E-state index in [4.69, 9.17) is 4.99 Å². The van der Waals surface area contributed by atoms with E-state index in [1.165, 1.54) is 16.7 Å². The molecule has 19 heavy (non-hydrogen) atoms. The van der Waals surface area contributed by atoms with Gasteiger partial charge in [-0.25, -0.2) is 0 Å². The van der Waals surface area contributed by atoms with Crippen LogP contribution >= 0.6 is 0 Å². The van der Waals surface area contributed by atoms with Gasteiger partial charge < -0.3 is 0 Å². The minimum Gasteiger partial charge on any atom is -0.278 e. The number of aromatic nitrogens is 1. The largest absolute Gasteiger partial charge is 0.278 e. The Morgan fingerprint density at radius 1 is 1.05 bits per heavy atom. The molecule has 2 heterocycles. The van der Waals surface area contributed by atoms with Crippen molar-refractivity contribution in [2.45, 2.75) is 32.7 Å². The third-order valence-electron chi connectivity index (χ3n) is 3.51. The van der Waals surface area contributed by atoms with Gasteiger partial charge in [-0.2, -0.15) is 0 Å². The Kier molecular flexibility index (Phi) is 2.74.